The number of ether oxygens (including phenoxy) is 3. The van der Waals surface area contributed by atoms with Gasteiger partial charge in [-0.1, -0.05) is 65.8 Å². The van der Waals surface area contributed by atoms with Crippen LogP contribution in [0.15, 0.2) is 93.1 Å². The standard InChI is InChI=1S/C34H30N2O5S2/c1-5-19-41-26-18-13-22(20-27(26)39-6-2)21-28-32(37)36-31(24-14-16-25(42-4)17-15-24)29(33(38)40-7-3)30(35-34(36)43-28)23-11-9-8-10-12-23/h1,8-18,20-21,31H,6-7,19H2,2-4H3/b28-21-/t31-/m1/s1. The Hall–Kier alpha value is -4.52. The quantitative estimate of drug-likeness (QED) is 0.142. The first-order chi connectivity index (χ1) is 21.0. The fraction of sp³-hybridized carbons (Fsp3) is 0.206. The molecule has 0 bridgehead atoms. The van der Waals surface area contributed by atoms with E-state index in [1.807, 2.05) is 79.9 Å². The average Bonchev–Trinajstić information content (AvgIpc) is 3.34. The Morgan fingerprint density at radius 3 is 2.49 bits per heavy atom. The maximum absolute atomic E-state index is 14.1. The number of rotatable bonds is 10. The Balaban J connectivity index is 1.74. The molecule has 0 spiro atoms. The molecule has 43 heavy (non-hydrogen) atoms. The molecule has 0 saturated carbocycles. The molecule has 0 radical (unpaired) electrons. The molecule has 0 saturated heterocycles. The number of aromatic nitrogens is 1. The minimum atomic E-state index is -0.734. The van der Waals surface area contributed by atoms with Crippen molar-refractivity contribution in [3.05, 3.63) is 115 Å². The zero-order valence-electron chi connectivity index (χ0n) is 24.0. The molecule has 4 aromatic rings. The fourth-order valence-electron chi connectivity index (χ4n) is 4.81. The van der Waals surface area contributed by atoms with Crippen LogP contribution in [-0.4, -0.2) is 36.6 Å². The third kappa shape index (κ3) is 6.31. The summed E-state index contributed by atoms with van der Waals surface area (Å²) in [5, 5.41) is 0. The second kappa shape index (κ2) is 13.6. The first kappa shape index (κ1) is 30.0. The molecule has 3 aromatic carbocycles. The van der Waals surface area contributed by atoms with Gasteiger partial charge in [-0.15, -0.1) is 18.2 Å². The third-order valence-corrected chi connectivity index (χ3v) is 8.41. The molecule has 1 atom stereocenters. The lowest BCUT2D eigenvalue weighted by molar-refractivity contribution is -0.138. The number of carbonyl (C=O) groups excluding carboxylic acids is 1. The molecule has 0 aliphatic carbocycles. The summed E-state index contributed by atoms with van der Waals surface area (Å²) in [6.45, 7) is 4.38. The topological polar surface area (TPSA) is 79.1 Å². The smallest absolute Gasteiger partial charge is 0.338 e. The Morgan fingerprint density at radius 1 is 1.05 bits per heavy atom. The fourth-order valence-corrected chi connectivity index (χ4v) is 6.22. The minimum Gasteiger partial charge on any atom is -0.490 e. The Labute approximate surface area is 258 Å². The van der Waals surface area contributed by atoms with Gasteiger partial charge in [0.05, 0.1) is 35.1 Å². The second-order valence-corrected chi connectivity index (χ2v) is 11.2. The van der Waals surface area contributed by atoms with Gasteiger partial charge in [-0.2, -0.15) is 0 Å². The van der Waals surface area contributed by atoms with Crippen molar-refractivity contribution in [1.82, 2.24) is 4.57 Å². The number of hydrogen-bond acceptors (Lipinski definition) is 8. The summed E-state index contributed by atoms with van der Waals surface area (Å²) in [7, 11) is 0. The highest BCUT2D eigenvalue weighted by atomic mass is 32.2. The van der Waals surface area contributed by atoms with Crippen molar-refractivity contribution >= 4 is 40.8 Å². The first-order valence-corrected chi connectivity index (χ1v) is 15.8. The van der Waals surface area contributed by atoms with E-state index in [1.165, 1.54) is 11.3 Å². The Morgan fingerprint density at radius 2 is 1.81 bits per heavy atom. The summed E-state index contributed by atoms with van der Waals surface area (Å²) < 4.78 is 19.0. The molecule has 5 rings (SSSR count). The Kier molecular flexibility index (Phi) is 9.50. The molecule has 7 nitrogen and oxygen atoms in total. The highest BCUT2D eigenvalue weighted by Gasteiger charge is 2.35. The molecule has 0 N–H and O–H groups in total. The van der Waals surface area contributed by atoms with E-state index in [0.29, 0.717) is 38.7 Å². The van der Waals surface area contributed by atoms with Crippen LogP contribution in [0, 0.1) is 12.3 Å². The van der Waals surface area contributed by atoms with Crippen LogP contribution in [0.2, 0.25) is 0 Å². The Bertz CT molecular complexity index is 1880. The van der Waals surface area contributed by atoms with Crippen LogP contribution in [0.25, 0.3) is 11.8 Å². The van der Waals surface area contributed by atoms with Crippen molar-refractivity contribution < 1.29 is 19.0 Å². The lowest BCUT2D eigenvalue weighted by Crippen LogP contribution is -2.40. The maximum Gasteiger partial charge on any atom is 0.338 e. The molecule has 9 heteroatoms. The van der Waals surface area contributed by atoms with Crippen molar-refractivity contribution in [1.29, 1.82) is 0 Å². The predicted molar refractivity (Wildman–Crippen MR) is 171 cm³/mol. The molecule has 1 aliphatic rings. The minimum absolute atomic E-state index is 0.114. The molecular weight excluding hydrogens is 581 g/mol. The van der Waals surface area contributed by atoms with Crippen molar-refractivity contribution in [3.8, 4) is 23.8 Å². The molecule has 0 fully saturated rings. The number of fused-ring (bicyclic) bond motifs is 1. The van der Waals surface area contributed by atoms with Gasteiger partial charge < -0.3 is 14.2 Å². The molecular formula is C34H30N2O5S2. The van der Waals surface area contributed by atoms with Crippen LogP contribution >= 0.6 is 23.1 Å². The lowest BCUT2D eigenvalue weighted by atomic mass is 9.93. The molecule has 0 unspecified atom stereocenters. The van der Waals surface area contributed by atoms with Crippen LogP contribution < -0.4 is 24.4 Å². The summed E-state index contributed by atoms with van der Waals surface area (Å²) in [6, 6.07) is 22.1. The van der Waals surface area contributed by atoms with E-state index in [2.05, 4.69) is 5.92 Å². The second-order valence-electron chi connectivity index (χ2n) is 9.34. The van der Waals surface area contributed by atoms with E-state index < -0.39 is 12.0 Å². The summed E-state index contributed by atoms with van der Waals surface area (Å²) >= 11 is 2.88. The van der Waals surface area contributed by atoms with Gasteiger partial charge in [0.2, 0.25) is 0 Å². The molecule has 1 aliphatic heterocycles. The van der Waals surface area contributed by atoms with Crippen LogP contribution in [0.5, 0.6) is 11.5 Å². The van der Waals surface area contributed by atoms with E-state index in [4.69, 9.17) is 25.6 Å². The third-order valence-electron chi connectivity index (χ3n) is 6.68. The lowest BCUT2D eigenvalue weighted by Gasteiger charge is -2.26. The van der Waals surface area contributed by atoms with Gasteiger partial charge in [0.25, 0.3) is 5.56 Å². The number of esters is 1. The first-order valence-electron chi connectivity index (χ1n) is 13.7. The van der Waals surface area contributed by atoms with Crippen LogP contribution in [-0.2, 0) is 9.53 Å². The average molecular weight is 611 g/mol. The largest absolute Gasteiger partial charge is 0.490 e. The molecule has 2 heterocycles. The number of benzene rings is 3. The van der Waals surface area contributed by atoms with Crippen LogP contribution in [0.4, 0.5) is 0 Å². The molecule has 218 valence electrons. The van der Waals surface area contributed by atoms with E-state index in [0.717, 1.165) is 21.6 Å². The number of thioether (sulfide) groups is 1. The number of terminal acetylenes is 1. The van der Waals surface area contributed by atoms with E-state index in [9.17, 15) is 9.59 Å². The highest BCUT2D eigenvalue weighted by Crippen LogP contribution is 2.36. The summed E-state index contributed by atoms with van der Waals surface area (Å²) in [5.41, 5.74) is 2.83. The summed E-state index contributed by atoms with van der Waals surface area (Å²) in [5.74, 6) is 3.00. The van der Waals surface area contributed by atoms with Crippen molar-refractivity contribution in [2.75, 3.05) is 26.1 Å². The predicted octanol–water partition coefficient (Wildman–Crippen LogP) is 5.07. The summed E-state index contributed by atoms with van der Waals surface area (Å²) in [4.78, 5) is 34.2. The van der Waals surface area contributed by atoms with Crippen LogP contribution in [0.1, 0.15) is 36.6 Å². The number of nitrogens with zero attached hydrogens (tertiary/aromatic N) is 2. The van der Waals surface area contributed by atoms with Crippen molar-refractivity contribution in [2.45, 2.75) is 24.8 Å². The molecule has 0 amide bonds. The maximum atomic E-state index is 14.1. The van der Waals surface area contributed by atoms with Gasteiger partial charge in [-0.25, -0.2) is 9.79 Å². The van der Waals surface area contributed by atoms with Gasteiger partial charge in [-0.05, 0) is 61.6 Å². The van der Waals surface area contributed by atoms with E-state index >= 15 is 0 Å². The van der Waals surface area contributed by atoms with Crippen LogP contribution in [0.3, 0.4) is 0 Å². The zero-order chi connectivity index (χ0) is 30.3. The van der Waals surface area contributed by atoms with E-state index in [1.54, 1.807) is 35.4 Å². The van der Waals surface area contributed by atoms with Gasteiger partial charge in [-0.3, -0.25) is 9.36 Å². The SMILES string of the molecule is C#CCOc1ccc(/C=c2\sc3n(c2=O)[C@H](c2ccc(SC)cc2)C(C(=O)OCC)=C(c2ccccc2)N=3)cc1OCC. The zero-order valence-corrected chi connectivity index (χ0v) is 25.7. The number of hydrogen-bond donors (Lipinski definition) is 0. The summed E-state index contributed by atoms with van der Waals surface area (Å²) in [6.07, 6.45) is 9.15. The van der Waals surface area contributed by atoms with E-state index in [-0.39, 0.29) is 18.8 Å². The monoisotopic (exact) mass is 610 g/mol. The number of thiazole rings is 1. The van der Waals surface area contributed by atoms with Gasteiger partial charge in [0.15, 0.2) is 16.3 Å². The normalized spacial score (nSPS) is 14.5. The van der Waals surface area contributed by atoms with Gasteiger partial charge in [0.1, 0.15) is 6.61 Å². The number of carbonyl (C=O) groups is 1. The highest BCUT2D eigenvalue weighted by molar-refractivity contribution is 7.98. The van der Waals surface area contributed by atoms with Crippen molar-refractivity contribution in [3.63, 3.8) is 0 Å². The van der Waals surface area contributed by atoms with Crippen molar-refractivity contribution in [2.24, 2.45) is 4.99 Å². The van der Waals surface area contributed by atoms with Gasteiger partial charge in [0, 0.05) is 10.5 Å². The molecule has 1 aromatic heterocycles. The van der Waals surface area contributed by atoms with Gasteiger partial charge >= 0.3 is 5.97 Å².